The van der Waals surface area contributed by atoms with Crippen molar-refractivity contribution in [2.45, 2.75) is 36.7 Å². The van der Waals surface area contributed by atoms with Crippen LogP contribution in [0.1, 0.15) is 45.9 Å². The van der Waals surface area contributed by atoms with Crippen LogP contribution in [0.4, 0.5) is 5.69 Å². The second kappa shape index (κ2) is 11.7. The zero-order valence-corrected chi connectivity index (χ0v) is 21.2. The van der Waals surface area contributed by atoms with Gasteiger partial charge in [-0.15, -0.1) is 0 Å². The number of thioether (sulfide) groups is 1. The molecular weight excluding hydrogens is 488 g/mol. The molecule has 190 valence electrons. The number of hydrogen-bond donors (Lipinski definition) is 2. The molecule has 4 aromatic rings. The van der Waals surface area contributed by atoms with Crippen LogP contribution in [0.3, 0.4) is 0 Å². The summed E-state index contributed by atoms with van der Waals surface area (Å²) in [4.78, 5) is 20.9. The number of hydrogen-bond acceptors (Lipinski definition) is 7. The molecule has 2 aromatic heterocycles. The normalized spacial score (nSPS) is 19.5. The maximum absolute atomic E-state index is 12.5. The predicted molar refractivity (Wildman–Crippen MR) is 141 cm³/mol. The number of imidazole rings is 1. The molecule has 1 fully saturated rings. The van der Waals surface area contributed by atoms with E-state index in [2.05, 4.69) is 15.3 Å². The molecule has 1 aliphatic heterocycles. The van der Waals surface area contributed by atoms with Gasteiger partial charge < -0.3 is 24.5 Å². The first-order valence-electron chi connectivity index (χ1n) is 12.0. The number of pyridine rings is 1. The van der Waals surface area contributed by atoms with E-state index in [4.69, 9.17) is 9.47 Å². The molecule has 37 heavy (non-hydrogen) atoms. The molecule has 2 N–H and O–H groups in total. The minimum Gasteiger partial charge on any atom is -0.392 e. The number of amides is 1. The number of carbonyl (C=O) groups is 1. The Balaban J connectivity index is 1.31. The first-order valence-corrected chi connectivity index (χ1v) is 13.0. The molecule has 3 heterocycles. The van der Waals surface area contributed by atoms with E-state index >= 15 is 0 Å². The zero-order valence-electron chi connectivity index (χ0n) is 20.4. The van der Waals surface area contributed by atoms with Crippen LogP contribution in [0.2, 0.25) is 0 Å². The lowest BCUT2D eigenvalue weighted by Crippen LogP contribution is -2.31. The van der Waals surface area contributed by atoms with Gasteiger partial charge in [0.25, 0.3) is 5.91 Å². The molecular formula is C28H28N4O4S. The summed E-state index contributed by atoms with van der Waals surface area (Å²) in [6.07, 6.45) is 6.79. The van der Waals surface area contributed by atoms with Crippen molar-refractivity contribution < 1.29 is 19.4 Å². The van der Waals surface area contributed by atoms with Gasteiger partial charge in [-0.2, -0.15) is 0 Å². The number of anilines is 1. The van der Waals surface area contributed by atoms with E-state index in [0.29, 0.717) is 17.7 Å². The van der Waals surface area contributed by atoms with E-state index in [9.17, 15) is 9.90 Å². The van der Waals surface area contributed by atoms with Gasteiger partial charge in [0.05, 0.1) is 24.4 Å². The summed E-state index contributed by atoms with van der Waals surface area (Å²) in [6, 6.07) is 18.8. The lowest BCUT2D eigenvalue weighted by atomic mass is 10.0. The fraction of sp³-hybridized carbons (Fsp3) is 0.250. The Labute approximate surface area is 219 Å². The van der Waals surface area contributed by atoms with E-state index < -0.39 is 6.29 Å². The van der Waals surface area contributed by atoms with E-state index in [1.54, 1.807) is 36.3 Å². The van der Waals surface area contributed by atoms with Gasteiger partial charge in [0.2, 0.25) is 0 Å². The van der Waals surface area contributed by atoms with Gasteiger partial charge >= 0.3 is 0 Å². The van der Waals surface area contributed by atoms with Gasteiger partial charge in [-0.25, -0.2) is 4.98 Å². The number of ether oxygens (including phenoxy) is 2. The molecule has 0 saturated carbocycles. The zero-order chi connectivity index (χ0) is 25.6. The predicted octanol–water partition coefficient (Wildman–Crippen LogP) is 4.90. The first-order chi connectivity index (χ1) is 18.1. The molecule has 0 spiro atoms. The minimum atomic E-state index is -0.564. The van der Waals surface area contributed by atoms with Crippen molar-refractivity contribution in [1.29, 1.82) is 0 Å². The SMILES string of the molecule is Cn1ccnc1SC[C@H]1C[C@@H](c2ccc(CO)cc2)O[C@@H](c2ccc(NC(=O)c3cccnc3)cc2)O1. The Morgan fingerprint density at radius 1 is 1.08 bits per heavy atom. The average Bonchev–Trinajstić information content (AvgIpc) is 3.37. The van der Waals surface area contributed by atoms with Crippen molar-refractivity contribution in [3.63, 3.8) is 0 Å². The van der Waals surface area contributed by atoms with E-state index in [1.807, 2.05) is 66.3 Å². The molecule has 3 atom stereocenters. The fourth-order valence-corrected chi connectivity index (χ4v) is 5.05. The van der Waals surface area contributed by atoms with Crippen molar-refractivity contribution in [2.24, 2.45) is 7.05 Å². The van der Waals surface area contributed by atoms with Crippen molar-refractivity contribution in [1.82, 2.24) is 14.5 Å². The standard InChI is InChI=1S/C28H28N4O4S/c1-32-14-13-30-28(32)37-18-24-15-25(20-6-4-19(17-33)5-7-20)36-27(35-24)21-8-10-23(11-9-21)31-26(34)22-3-2-12-29-16-22/h2-14,16,24-25,27,33H,15,17-18H2,1H3,(H,31,34)/t24-,25+,27+/m1/s1. The van der Waals surface area contributed by atoms with Crippen LogP contribution in [-0.2, 0) is 23.1 Å². The van der Waals surface area contributed by atoms with Gasteiger partial charge in [0.1, 0.15) is 0 Å². The molecule has 9 heteroatoms. The van der Waals surface area contributed by atoms with Crippen LogP contribution in [-0.4, -0.2) is 37.4 Å². The summed E-state index contributed by atoms with van der Waals surface area (Å²) >= 11 is 1.65. The highest BCUT2D eigenvalue weighted by molar-refractivity contribution is 7.99. The Kier molecular flexibility index (Phi) is 7.96. The second-order valence-electron chi connectivity index (χ2n) is 8.80. The number of aromatic nitrogens is 3. The number of rotatable bonds is 8. The van der Waals surface area contributed by atoms with Crippen LogP contribution in [0.5, 0.6) is 0 Å². The lowest BCUT2D eigenvalue weighted by Gasteiger charge is -2.36. The average molecular weight is 517 g/mol. The molecule has 0 bridgehead atoms. The second-order valence-corrected chi connectivity index (χ2v) is 9.79. The number of aliphatic hydroxyl groups is 1. The van der Waals surface area contributed by atoms with Crippen LogP contribution < -0.4 is 5.32 Å². The third-order valence-electron chi connectivity index (χ3n) is 6.15. The van der Waals surface area contributed by atoms with Gasteiger partial charge in [-0.3, -0.25) is 9.78 Å². The van der Waals surface area contributed by atoms with Gasteiger partial charge in [0.15, 0.2) is 11.4 Å². The van der Waals surface area contributed by atoms with Crippen molar-refractivity contribution in [2.75, 3.05) is 11.1 Å². The smallest absolute Gasteiger partial charge is 0.257 e. The van der Waals surface area contributed by atoms with Crippen molar-refractivity contribution in [3.8, 4) is 0 Å². The topological polar surface area (TPSA) is 98.5 Å². The van der Waals surface area contributed by atoms with Crippen LogP contribution >= 0.6 is 11.8 Å². The molecule has 2 aromatic carbocycles. The molecule has 1 aliphatic rings. The summed E-state index contributed by atoms with van der Waals surface area (Å²) in [6.45, 7) is 0.00411. The number of carbonyl (C=O) groups excluding carboxylic acids is 1. The Morgan fingerprint density at radius 3 is 2.54 bits per heavy atom. The Bertz CT molecular complexity index is 1310. The van der Waals surface area contributed by atoms with Crippen LogP contribution in [0, 0.1) is 0 Å². The first kappa shape index (κ1) is 25.2. The Hall–Kier alpha value is -3.50. The third-order valence-corrected chi connectivity index (χ3v) is 7.34. The van der Waals surface area contributed by atoms with Crippen molar-refractivity contribution >= 4 is 23.4 Å². The minimum absolute atomic E-state index is 0.00411. The monoisotopic (exact) mass is 516 g/mol. The molecule has 8 nitrogen and oxygen atoms in total. The summed E-state index contributed by atoms with van der Waals surface area (Å²) < 4.78 is 14.8. The van der Waals surface area contributed by atoms with Gasteiger partial charge in [-0.05, 0) is 35.4 Å². The third kappa shape index (κ3) is 6.26. The number of benzene rings is 2. The number of nitrogens with zero attached hydrogens (tertiary/aromatic N) is 3. The number of aryl methyl sites for hydroxylation is 1. The molecule has 1 saturated heterocycles. The highest BCUT2D eigenvalue weighted by atomic mass is 32.2. The molecule has 0 unspecified atom stereocenters. The van der Waals surface area contributed by atoms with Crippen LogP contribution in [0.15, 0.2) is 90.6 Å². The largest absolute Gasteiger partial charge is 0.392 e. The summed E-state index contributed by atoms with van der Waals surface area (Å²) in [5.41, 5.74) is 3.93. The highest BCUT2D eigenvalue weighted by Crippen LogP contribution is 2.39. The summed E-state index contributed by atoms with van der Waals surface area (Å²) in [5, 5.41) is 13.2. The van der Waals surface area contributed by atoms with E-state index in [-0.39, 0.29) is 24.7 Å². The van der Waals surface area contributed by atoms with E-state index in [1.165, 1.54) is 6.20 Å². The summed E-state index contributed by atoms with van der Waals surface area (Å²) in [7, 11) is 1.98. The molecule has 5 rings (SSSR count). The molecule has 1 amide bonds. The Morgan fingerprint density at radius 2 is 1.86 bits per heavy atom. The number of aliphatic hydroxyl groups excluding tert-OH is 1. The number of nitrogens with one attached hydrogen (secondary N) is 1. The maximum atomic E-state index is 12.5. The van der Waals surface area contributed by atoms with Crippen LogP contribution in [0.25, 0.3) is 0 Å². The quantitative estimate of drug-likeness (QED) is 0.322. The molecule has 0 radical (unpaired) electrons. The van der Waals surface area contributed by atoms with Gasteiger partial charge in [-0.1, -0.05) is 48.2 Å². The highest BCUT2D eigenvalue weighted by Gasteiger charge is 2.32. The van der Waals surface area contributed by atoms with Crippen molar-refractivity contribution in [3.05, 3.63) is 108 Å². The lowest BCUT2D eigenvalue weighted by molar-refractivity contribution is -0.245. The summed E-state index contributed by atoms with van der Waals surface area (Å²) in [5.74, 6) is 0.513. The molecule has 0 aliphatic carbocycles. The fourth-order valence-electron chi connectivity index (χ4n) is 4.11. The van der Waals surface area contributed by atoms with E-state index in [0.717, 1.165) is 27.6 Å². The van der Waals surface area contributed by atoms with Gasteiger partial charge in [0, 0.05) is 55.3 Å². The maximum Gasteiger partial charge on any atom is 0.257 e.